The molecule has 1 aromatic carbocycles. The summed E-state index contributed by atoms with van der Waals surface area (Å²) in [4.78, 5) is 10.7. The van der Waals surface area contributed by atoms with E-state index in [2.05, 4.69) is 0 Å². The van der Waals surface area contributed by atoms with Crippen LogP contribution >= 0.6 is 23.2 Å². The van der Waals surface area contributed by atoms with E-state index in [1.807, 2.05) is 6.92 Å². The van der Waals surface area contributed by atoms with Gasteiger partial charge in [0, 0.05) is 0 Å². The van der Waals surface area contributed by atoms with Crippen molar-refractivity contribution >= 4 is 29.2 Å². The minimum absolute atomic E-state index is 0.219. The van der Waals surface area contributed by atoms with Crippen molar-refractivity contribution in [1.82, 2.24) is 0 Å². The number of hydrogen-bond acceptors (Lipinski definition) is 1. The van der Waals surface area contributed by atoms with E-state index in [0.29, 0.717) is 17.0 Å². The van der Waals surface area contributed by atoms with Gasteiger partial charge < -0.3 is 5.11 Å². The number of hydrogen-bond donors (Lipinski definition) is 1. The lowest BCUT2D eigenvalue weighted by molar-refractivity contribution is 0.0696. The second kappa shape index (κ2) is 3.99. The molecular formula is C9H8Cl2O2. The number of rotatable bonds is 2. The maximum Gasteiger partial charge on any atom is 0.336 e. The van der Waals surface area contributed by atoms with E-state index in [9.17, 15) is 4.79 Å². The van der Waals surface area contributed by atoms with Crippen molar-refractivity contribution in [2.24, 2.45) is 0 Å². The van der Waals surface area contributed by atoms with E-state index in [1.165, 1.54) is 6.07 Å². The second-order valence-electron chi connectivity index (χ2n) is 2.58. The van der Waals surface area contributed by atoms with Crippen LogP contribution in [0, 0.1) is 0 Å². The molecule has 0 unspecified atom stereocenters. The molecule has 0 fully saturated rings. The van der Waals surface area contributed by atoms with Crippen molar-refractivity contribution in [2.45, 2.75) is 13.3 Å². The summed E-state index contributed by atoms with van der Waals surface area (Å²) in [7, 11) is 0. The minimum atomic E-state index is -0.976. The summed E-state index contributed by atoms with van der Waals surface area (Å²) in [5.41, 5.74) is 0.916. The first-order chi connectivity index (χ1) is 6.06. The zero-order chi connectivity index (χ0) is 10.0. The van der Waals surface area contributed by atoms with Crippen LogP contribution in [0.15, 0.2) is 12.1 Å². The van der Waals surface area contributed by atoms with Gasteiger partial charge in [-0.2, -0.15) is 0 Å². The monoisotopic (exact) mass is 218 g/mol. The van der Waals surface area contributed by atoms with Crippen LogP contribution in [-0.2, 0) is 6.42 Å². The van der Waals surface area contributed by atoms with E-state index in [4.69, 9.17) is 28.3 Å². The molecule has 70 valence electrons. The van der Waals surface area contributed by atoms with Crippen molar-refractivity contribution < 1.29 is 9.90 Å². The molecule has 0 aliphatic carbocycles. The molecule has 1 aromatic rings. The number of aromatic carboxylic acids is 1. The zero-order valence-corrected chi connectivity index (χ0v) is 8.49. The first kappa shape index (κ1) is 10.4. The van der Waals surface area contributed by atoms with Crippen LogP contribution in [0.4, 0.5) is 0 Å². The van der Waals surface area contributed by atoms with Gasteiger partial charge in [0.15, 0.2) is 0 Å². The van der Waals surface area contributed by atoms with Crippen molar-refractivity contribution in [3.63, 3.8) is 0 Å². The summed E-state index contributed by atoms with van der Waals surface area (Å²) in [6.07, 6.45) is 0.624. The van der Waals surface area contributed by atoms with Crippen LogP contribution in [0.25, 0.3) is 0 Å². The Kier molecular flexibility index (Phi) is 3.17. The van der Waals surface area contributed by atoms with Gasteiger partial charge in [-0.05, 0) is 24.1 Å². The number of carbonyl (C=O) groups is 1. The van der Waals surface area contributed by atoms with Crippen molar-refractivity contribution in [3.05, 3.63) is 33.3 Å². The molecule has 0 aromatic heterocycles. The molecule has 0 amide bonds. The van der Waals surface area contributed by atoms with Crippen molar-refractivity contribution in [3.8, 4) is 0 Å². The summed E-state index contributed by atoms with van der Waals surface area (Å²) in [6, 6.07) is 2.97. The highest BCUT2D eigenvalue weighted by atomic mass is 35.5. The minimum Gasteiger partial charge on any atom is -0.478 e. The molecule has 0 saturated carbocycles. The Balaban J connectivity index is 3.33. The van der Waals surface area contributed by atoms with Crippen molar-refractivity contribution in [1.29, 1.82) is 0 Å². The number of benzene rings is 1. The molecule has 0 aliphatic rings. The average molecular weight is 219 g/mol. The summed E-state index contributed by atoms with van der Waals surface area (Å²) < 4.78 is 0. The van der Waals surface area contributed by atoms with E-state index in [0.717, 1.165) is 0 Å². The van der Waals surface area contributed by atoms with E-state index < -0.39 is 5.97 Å². The Hall–Kier alpha value is -0.730. The summed E-state index contributed by atoms with van der Waals surface area (Å²) in [6.45, 7) is 1.87. The van der Waals surface area contributed by atoms with E-state index >= 15 is 0 Å². The summed E-state index contributed by atoms with van der Waals surface area (Å²) >= 11 is 11.4. The Bertz CT molecular complexity index is 348. The highest BCUT2D eigenvalue weighted by Crippen LogP contribution is 2.26. The van der Waals surface area contributed by atoms with Gasteiger partial charge in [0.2, 0.25) is 0 Å². The maximum absolute atomic E-state index is 10.7. The van der Waals surface area contributed by atoms with Crippen LogP contribution in [-0.4, -0.2) is 11.1 Å². The van der Waals surface area contributed by atoms with E-state index in [1.54, 1.807) is 6.07 Å². The van der Waals surface area contributed by atoms with Gasteiger partial charge >= 0.3 is 5.97 Å². The highest BCUT2D eigenvalue weighted by Gasteiger charge is 2.11. The molecule has 0 atom stereocenters. The highest BCUT2D eigenvalue weighted by molar-refractivity contribution is 6.42. The third-order valence-corrected chi connectivity index (χ3v) is 2.48. The molecule has 4 heteroatoms. The lowest BCUT2D eigenvalue weighted by Crippen LogP contribution is -2.01. The summed E-state index contributed by atoms with van der Waals surface area (Å²) in [5.74, 6) is -0.976. The Labute approximate surface area is 86.1 Å². The lowest BCUT2D eigenvalue weighted by Gasteiger charge is -2.05. The van der Waals surface area contributed by atoms with Crippen molar-refractivity contribution in [2.75, 3.05) is 0 Å². The quantitative estimate of drug-likeness (QED) is 0.828. The molecule has 0 radical (unpaired) electrons. The fraction of sp³-hybridized carbons (Fsp3) is 0.222. The Morgan fingerprint density at radius 1 is 1.38 bits per heavy atom. The maximum atomic E-state index is 10.7. The molecule has 0 spiro atoms. The number of carboxylic acids is 1. The fourth-order valence-electron chi connectivity index (χ4n) is 1.08. The molecular weight excluding hydrogens is 211 g/mol. The third kappa shape index (κ3) is 2.14. The molecule has 0 saturated heterocycles. The molecule has 1 N–H and O–H groups in total. The SMILES string of the molecule is CCc1cc(Cl)c(Cl)cc1C(=O)O. The number of carboxylic acid groups (broad SMARTS) is 1. The lowest BCUT2D eigenvalue weighted by atomic mass is 10.1. The van der Waals surface area contributed by atoms with Gasteiger partial charge in [-0.1, -0.05) is 30.1 Å². The molecule has 0 aliphatic heterocycles. The first-order valence-electron chi connectivity index (χ1n) is 3.77. The molecule has 0 heterocycles. The van der Waals surface area contributed by atoms with Gasteiger partial charge in [-0.15, -0.1) is 0 Å². The molecule has 2 nitrogen and oxygen atoms in total. The summed E-state index contributed by atoms with van der Waals surface area (Å²) in [5, 5.41) is 9.48. The second-order valence-corrected chi connectivity index (χ2v) is 3.40. The average Bonchev–Trinajstić information content (AvgIpc) is 2.08. The van der Waals surface area contributed by atoms with Crippen LogP contribution < -0.4 is 0 Å². The van der Waals surface area contributed by atoms with Gasteiger partial charge in [0.1, 0.15) is 0 Å². The predicted octanol–water partition coefficient (Wildman–Crippen LogP) is 3.25. The molecule has 0 bridgehead atoms. The Morgan fingerprint density at radius 3 is 2.38 bits per heavy atom. The molecule has 1 rings (SSSR count). The van der Waals surface area contributed by atoms with Crippen LogP contribution in [0.5, 0.6) is 0 Å². The van der Waals surface area contributed by atoms with Gasteiger partial charge in [-0.3, -0.25) is 0 Å². The van der Waals surface area contributed by atoms with Crippen LogP contribution in [0.1, 0.15) is 22.8 Å². The van der Waals surface area contributed by atoms with Gasteiger partial charge in [0.05, 0.1) is 15.6 Å². The predicted molar refractivity (Wildman–Crippen MR) is 52.8 cm³/mol. The van der Waals surface area contributed by atoms with Crippen LogP contribution in [0.2, 0.25) is 10.0 Å². The Morgan fingerprint density at radius 2 is 1.92 bits per heavy atom. The largest absolute Gasteiger partial charge is 0.478 e. The fourth-order valence-corrected chi connectivity index (χ4v) is 1.43. The zero-order valence-electron chi connectivity index (χ0n) is 6.97. The number of halogens is 2. The third-order valence-electron chi connectivity index (χ3n) is 1.76. The smallest absolute Gasteiger partial charge is 0.336 e. The molecule has 13 heavy (non-hydrogen) atoms. The number of aryl methyl sites for hydroxylation is 1. The van der Waals surface area contributed by atoms with Crippen LogP contribution in [0.3, 0.4) is 0 Å². The van der Waals surface area contributed by atoms with E-state index in [-0.39, 0.29) is 10.6 Å². The van der Waals surface area contributed by atoms with Gasteiger partial charge in [-0.25, -0.2) is 4.79 Å². The standard InChI is InChI=1S/C9H8Cl2O2/c1-2-5-3-7(10)8(11)4-6(5)9(12)13/h3-4H,2H2,1H3,(H,12,13). The topological polar surface area (TPSA) is 37.3 Å². The van der Waals surface area contributed by atoms with Gasteiger partial charge in [0.25, 0.3) is 0 Å². The normalized spacial score (nSPS) is 10.1. The first-order valence-corrected chi connectivity index (χ1v) is 4.53.